The van der Waals surface area contributed by atoms with E-state index in [1.165, 1.54) is 0 Å². The lowest BCUT2D eigenvalue weighted by Crippen LogP contribution is -2.17. The monoisotopic (exact) mass is 237 g/mol. The van der Waals surface area contributed by atoms with Gasteiger partial charge in [0.15, 0.2) is 5.58 Å². The maximum Gasteiger partial charge on any atom is 0.152 e. The fraction of sp³-hybridized carbons (Fsp3) is 0.385. The van der Waals surface area contributed by atoms with Gasteiger partial charge in [-0.1, -0.05) is 30.7 Å². The zero-order valence-corrected chi connectivity index (χ0v) is 10.3. The van der Waals surface area contributed by atoms with Crippen molar-refractivity contribution in [3.63, 3.8) is 0 Å². The highest BCUT2D eigenvalue weighted by Gasteiger charge is 2.14. The van der Waals surface area contributed by atoms with E-state index in [9.17, 15) is 0 Å². The van der Waals surface area contributed by atoms with Crippen LogP contribution in [0.1, 0.15) is 31.9 Å². The van der Waals surface area contributed by atoms with Gasteiger partial charge < -0.3 is 10.2 Å². The molecule has 0 saturated carbocycles. The van der Waals surface area contributed by atoms with Gasteiger partial charge in [-0.3, -0.25) is 0 Å². The third-order valence-corrected chi connectivity index (χ3v) is 3.02. The molecule has 2 N–H and O–H groups in total. The topological polar surface area (TPSA) is 39.2 Å². The molecule has 0 aliphatic rings. The number of nitrogens with two attached hydrogens (primary N) is 1. The number of para-hydroxylation sites is 1. The maximum atomic E-state index is 6.06. The lowest BCUT2D eigenvalue weighted by atomic mass is 10.0. The van der Waals surface area contributed by atoms with Gasteiger partial charge in [0.05, 0.1) is 5.02 Å². The molecule has 0 amide bonds. The molecule has 0 saturated heterocycles. The zero-order chi connectivity index (χ0) is 11.7. The summed E-state index contributed by atoms with van der Waals surface area (Å²) >= 11 is 6.06. The molecule has 16 heavy (non-hydrogen) atoms. The minimum atomic E-state index is 0.179. The van der Waals surface area contributed by atoms with E-state index in [0.29, 0.717) is 10.9 Å². The SMILES string of the molecule is CC(N)CC(C)c1cc2cccc(Cl)c2o1. The number of halogens is 1. The molecule has 0 bridgehead atoms. The largest absolute Gasteiger partial charge is 0.459 e. The van der Waals surface area contributed by atoms with E-state index in [4.69, 9.17) is 21.8 Å². The second-order valence-corrected chi connectivity index (χ2v) is 4.83. The molecule has 0 aliphatic heterocycles. The fourth-order valence-corrected chi connectivity index (χ4v) is 2.18. The van der Waals surface area contributed by atoms with Gasteiger partial charge in [0.25, 0.3) is 0 Å². The van der Waals surface area contributed by atoms with Gasteiger partial charge in [-0.05, 0) is 25.5 Å². The van der Waals surface area contributed by atoms with Gasteiger partial charge in [0.1, 0.15) is 5.76 Å². The molecule has 2 unspecified atom stereocenters. The van der Waals surface area contributed by atoms with Crippen molar-refractivity contribution in [3.8, 4) is 0 Å². The Kier molecular flexibility index (Phi) is 3.22. The van der Waals surface area contributed by atoms with Crippen LogP contribution in [-0.4, -0.2) is 6.04 Å². The highest BCUT2D eigenvalue weighted by Crippen LogP contribution is 2.31. The van der Waals surface area contributed by atoms with E-state index < -0.39 is 0 Å². The van der Waals surface area contributed by atoms with Gasteiger partial charge in [-0.15, -0.1) is 0 Å². The van der Waals surface area contributed by atoms with E-state index in [0.717, 1.165) is 23.2 Å². The third kappa shape index (κ3) is 2.23. The summed E-state index contributed by atoms with van der Waals surface area (Å²) in [5, 5.41) is 1.72. The molecule has 3 heteroatoms. The first-order valence-corrected chi connectivity index (χ1v) is 5.89. The molecule has 0 fully saturated rings. The molecule has 0 spiro atoms. The number of hydrogen-bond acceptors (Lipinski definition) is 2. The third-order valence-electron chi connectivity index (χ3n) is 2.73. The van der Waals surface area contributed by atoms with Crippen LogP contribution in [0.3, 0.4) is 0 Å². The van der Waals surface area contributed by atoms with E-state index in [1.54, 1.807) is 0 Å². The van der Waals surface area contributed by atoms with Gasteiger partial charge in [-0.2, -0.15) is 0 Å². The molecule has 2 atom stereocenters. The average molecular weight is 238 g/mol. The molecular weight excluding hydrogens is 222 g/mol. The van der Waals surface area contributed by atoms with Gasteiger partial charge in [-0.25, -0.2) is 0 Å². The lowest BCUT2D eigenvalue weighted by Gasteiger charge is -2.10. The second-order valence-electron chi connectivity index (χ2n) is 4.42. The number of fused-ring (bicyclic) bond motifs is 1. The summed E-state index contributed by atoms with van der Waals surface area (Å²) in [5.41, 5.74) is 6.56. The Morgan fingerprint density at radius 1 is 1.38 bits per heavy atom. The predicted molar refractivity (Wildman–Crippen MR) is 67.9 cm³/mol. The summed E-state index contributed by atoms with van der Waals surface area (Å²) in [7, 11) is 0. The van der Waals surface area contributed by atoms with Crippen LogP contribution < -0.4 is 5.73 Å². The second kappa shape index (κ2) is 4.48. The van der Waals surface area contributed by atoms with E-state index in [2.05, 4.69) is 6.92 Å². The molecule has 2 aromatic rings. The Morgan fingerprint density at radius 2 is 2.12 bits per heavy atom. The Morgan fingerprint density at radius 3 is 2.75 bits per heavy atom. The molecular formula is C13H16ClNO. The molecule has 0 aliphatic carbocycles. The van der Waals surface area contributed by atoms with Crippen LogP contribution in [-0.2, 0) is 0 Å². The van der Waals surface area contributed by atoms with Crippen molar-refractivity contribution < 1.29 is 4.42 Å². The standard InChI is InChI=1S/C13H16ClNO/c1-8(6-9(2)15)12-7-10-4-3-5-11(14)13(10)16-12/h3-5,7-9H,6,15H2,1-2H3. The Bertz CT molecular complexity index is 490. The van der Waals surface area contributed by atoms with Crippen LogP contribution in [0.5, 0.6) is 0 Å². The molecule has 1 aromatic carbocycles. The summed E-state index contributed by atoms with van der Waals surface area (Å²) in [6.07, 6.45) is 0.914. The highest BCUT2D eigenvalue weighted by atomic mass is 35.5. The van der Waals surface area contributed by atoms with Crippen LogP contribution >= 0.6 is 11.6 Å². The smallest absolute Gasteiger partial charge is 0.152 e. The Balaban J connectivity index is 2.36. The first kappa shape index (κ1) is 11.5. The van der Waals surface area contributed by atoms with E-state index in [1.807, 2.05) is 31.2 Å². The van der Waals surface area contributed by atoms with Crippen molar-refractivity contribution in [3.05, 3.63) is 35.0 Å². The van der Waals surface area contributed by atoms with Crippen LogP contribution in [0, 0.1) is 0 Å². The fourth-order valence-electron chi connectivity index (χ4n) is 1.96. The first-order chi connectivity index (χ1) is 7.58. The number of benzene rings is 1. The molecule has 2 rings (SSSR count). The summed E-state index contributed by atoms with van der Waals surface area (Å²) < 4.78 is 5.77. The highest BCUT2D eigenvalue weighted by molar-refractivity contribution is 6.34. The van der Waals surface area contributed by atoms with Crippen LogP contribution in [0.25, 0.3) is 11.0 Å². The first-order valence-electron chi connectivity index (χ1n) is 5.51. The van der Waals surface area contributed by atoms with Crippen molar-refractivity contribution in [2.75, 3.05) is 0 Å². The van der Waals surface area contributed by atoms with Crippen molar-refractivity contribution in [2.45, 2.75) is 32.2 Å². The Labute approximate surface area is 100 Å². The molecule has 1 aromatic heterocycles. The summed E-state index contributed by atoms with van der Waals surface area (Å²) in [5.74, 6) is 1.28. The lowest BCUT2D eigenvalue weighted by molar-refractivity contribution is 0.468. The van der Waals surface area contributed by atoms with Gasteiger partial charge >= 0.3 is 0 Å². The summed E-state index contributed by atoms with van der Waals surface area (Å²) in [4.78, 5) is 0. The zero-order valence-electron chi connectivity index (χ0n) is 9.53. The molecule has 1 heterocycles. The van der Waals surface area contributed by atoms with Crippen LogP contribution in [0.15, 0.2) is 28.7 Å². The van der Waals surface area contributed by atoms with Crippen molar-refractivity contribution in [1.82, 2.24) is 0 Å². The normalized spacial score (nSPS) is 15.2. The number of furan rings is 1. The molecule has 86 valence electrons. The van der Waals surface area contributed by atoms with Crippen molar-refractivity contribution in [2.24, 2.45) is 5.73 Å². The van der Waals surface area contributed by atoms with E-state index >= 15 is 0 Å². The van der Waals surface area contributed by atoms with Crippen LogP contribution in [0.4, 0.5) is 0 Å². The molecule has 2 nitrogen and oxygen atoms in total. The number of hydrogen-bond donors (Lipinski definition) is 1. The quantitative estimate of drug-likeness (QED) is 0.879. The van der Waals surface area contributed by atoms with Crippen LogP contribution in [0.2, 0.25) is 5.02 Å². The summed E-state index contributed by atoms with van der Waals surface area (Å²) in [6.45, 7) is 4.13. The minimum Gasteiger partial charge on any atom is -0.459 e. The van der Waals surface area contributed by atoms with Crippen molar-refractivity contribution >= 4 is 22.6 Å². The van der Waals surface area contributed by atoms with E-state index in [-0.39, 0.29) is 6.04 Å². The average Bonchev–Trinajstić information content (AvgIpc) is 2.61. The Hall–Kier alpha value is -0.990. The minimum absolute atomic E-state index is 0.179. The van der Waals surface area contributed by atoms with Gasteiger partial charge in [0, 0.05) is 17.3 Å². The number of rotatable bonds is 3. The van der Waals surface area contributed by atoms with Crippen molar-refractivity contribution in [1.29, 1.82) is 0 Å². The van der Waals surface area contributed by atoms with Gasteiger partial charge in [0.2, 0.25) is 0 Å². The predicted octanol–water partition coefficient (Wildman–Crippen LogP) is 3.93. The summed E-state index contributed by atoms with van der Waals surface area (Å²) in [6, 6.07) is 8.01. The maximum absolute atomic E-state index is 6.06. The molecule has 0 radical (unpaired) electrons.